The largest absolute Gasteiger partial charge is 0.349 e. The van der Waals surface area contributed by atoms with E-state index in [4.69, 9.17) is 0 Å². The van der Waals surface area contributed by atoms with Gasteiger partial charge >= 0.3 is 6.03 Å². The number of anilines is 1. The van der Waals surface area contributed by atoms with Crippen molar-refractivity contribution in [1.29, 1.82) is 0 Å². The molecule has 1 atom stereocenters. The number of aryl methyl sites for hydroxylation is 1. The normalized spacial score (nSPS) is 20.0. The van der Waals surface area contributed by atoms with Crippen LogP contribution in [-0.4, -0.2) is 97.4 Å². The maximum atomic E-state index is 12.7. The zero-order chi connectivity index (χ0) is 20.3. The monoisotopic (exact) mass is 387 g/mol. The summed E-state index contributed by atoms with van der Waals surface area (Å²) in [6.45, 7) is 3.33. The summed E-state index contributed by atoms with van der Waals surface area (Å²) in [6, 6.07) is 7.13. The van der Waals surface area contributed by atoms with Crippen LogP contribution >= 0.6 is 0 Å². The third kappa shape index (κ3) is 4.62. The molecule has 2 aliphatic rings. The lowest BCUT2D eigenvalue weighted by Gasteiger charge is -2.45. The van der Waals surface area contributed by atoms with Gasteiger partial charge in [-0.1, -0.05) is 12.1 Å². The van der Waals surface area contributed by atoms with Crippen molar-refractivity contribution in [3.8, 4) is 0 Å². The van der Waals surface area contributed by atoms with Gasteiger partial charge in [0.15, 0.2) is 0 Å². The number of piperazine rings is 2. The van der Waals surface area contributed by atoms with Gasteiger partial charge in [0.2, 0.25) is 11.8 Å². The van der Waals surface area contributed by atoms with Crippen LogP contribution in [0, 0.1) is 0 Å². The Morgan fingerprint density at radius 3 is 2.68 bits per heavy atom. The number of fused-ring (bicyclic) bond motifs is 1. The minimum Gasteiger partial charge on any atom is -0.349 e. The first kappa shape index (κ1) is 20.1. The van der Waals surface area contributed by atoms with Crippen LogP contribution in [0.15, 0.2) is 24.3 Å². The fourth-order valence-electron chi connectivity index (χ4n) is 3.63. The number of amides is 4. The maximum Gasteiger partial charge on any atom is 0.321 e. The third-order valence-corrected chi connectivity index (χ3v) is 5.47. The molecular formula is C20H29N5O3. The summed E-state index contributed by atoms with van der Waals surface area (Å²) in [5, 5.41) is 2.93. The molecule has 4 amide bonds. The number of nitrogens with one attached hydrogen (secondary N) is 1. The first-order valence-corrected chi connectivity index (χ1v) is 9.69. The van der Waals surface area contributed by atoms with Crippen LogP contribution in [0.25, 0.3) is 0 Å². The Balaban J connectivity index is 1.58. The van der Waals surface area contributed by atoms with Crippen LogP contribution in [0.5, 0.6) is 0 Å². The Morgan fingerprint density at radius 1 is 1.18 bits per heavy atom. The highest BCUT2D eigenvalue weighted by Gasteiger charge is 2.38. The van der Waals surface area contributed by atoms with Gasteiger partial charge in [-0.05, 0) is 24.1 Å². The number of rotatable bonds is 4. The molecule has 0 aliphatic carbocycles. The van der Waals surface area contributed by atoms with Crippen molar-refractivity contribution < 1.29 is 14.4 Å². The molecule has 8 nitrogen and oxygen atoms in total. The molecule has 2 saturated heterocycles. The number of carbonyl (C=O) groups is 3. The summed E-state index contributed by atoms with van der Waals surface area (Å²) in [5.41, 5.74) is 1.70. The number of benzene rings is 1. The van der Waals surface area contributed by atoms with Crippen LogP contribution in [0.2, 0.25) is 0 Å². The van der Waals surface area contributed by atoms with Crippen LogP contribution in [-0.2, 0) is 16.0 Å². The standard InChI is InChI=1S/C20H29N5O3/c1-22(2)18(26)8-7-15-5-4-6-16(13-15)21-20(28)25-12-11-24-10-9-23(3)19(27)17(24)14-25/h4-6,13,17H,7-12,14H2,1-3H3,(H,21,28)/t17-/m1/s1. The Bertz CT molecular complexity index is 751. The predicted molar refractivity (Wildman–Crippen MR) is 107 cm³/mol. The van der Waals surface area contributed by atoms with Crippen molar-refractivity contribution >= 4 is 23.5 Å². The predicted octanol–water partition coefficient (Wildman–Crippen LogP) is 0.698. The summed E-state index contributed by atoms with van der Waals surface area (Å²) in [7, 11) is 5.30. The molecule has 1 aromatic carbocycles. The highest BCUT2D eigenvalue weighted by Crippen LogP contribution is 2.18. The lowest BCUT2D eigenvalue weighted by molar-refractivity contribution is -0.142. The second-order valence-electron chi connectivity index (χ2n) is 7.68. The SMILES string of the molecule is CN(C)C(=O)CCc1cccc(NC(=O)N2CCN3CCN(C)C(=O)[C@H]3C2)c1. The first-order valence-electron chi connectivity index (χ1n) is 9.69. The molecule has 0 unspecified atom stereocenters. The van der Waals surface area contributed by atoms with E-state index in [9.17, 15) is 14.4 Å². The molecule has 0 spiro atoms. The molecule has 0 bridgehead atoms. The number of nitrogens with zero attached hydrogens (tertiary/aromatic N) is 4. The number of carbonyl (C=O) groups excluding carboxylic acids is 3. The highest BCUT2D eigenvalue weighted by atomic mass is 16.2. The topological polar surface area (TPSA) is 76.2 Å². The van der Waals surface area contributed by atoms with Gasteiger partial charge in [-0.3, -0.25) is 14.5 Å². The Labute approximate surface area is 166 Å². The Kier molecular flexibility index (Phi) is 6.18. The molecule has 3 rings (SSSR count). The van der Waals surface area contributed by atoms with Crippen molar-refractivity contribution in [3.05, 3.63) is 29.8 Å². The molecule has 0 saturated carbocycles. The van der Waals surface area contributed by atoms with E-state index in [1.807, 2.05) is 31.3 Å². The van der Waals surface area contributed by atoms with E-state index in [0.717, 1.165) is 18.7 Å². The Hall–Kier alpha value is -2.61. The lowest BCUT2D eigenvalue weighted by Crippen LogP contribution is -2.65. The van der Waals surface area contributed by atoms with Crippen LogP contribution < -0.4 is 5.32 Å². The molecule has 0 aromatic heterocycles. The number of urea groups is 1. The molecular weight excluding hydrogens is 358 g/mol. The summed E-state index contributed by atoms with van der Waals surface area (Å²) in [4.78, 5) is 44.1. The first-order chi connectivity index (χ1) is 13.3. The van der Waals surface area contributed by atoms with E-state index in [1.165, 1.54) is 0 Å². The lowest BCUT2D eigenvalue weighted by atomic mass is 10.1. The molecule has 1 aromatic rings. The molecule has 28 heavy (non-hydrogen) atoms. The van der Waals surface area contributed by atoms with E-state index in [-0.39, 0.29) is 23.9 Å². The fourth-order valence-corrected chi connectivity index (χ4v) is 3.63. The minimum absolute atomic E-state index is 0.0782. The van der Waals surface area contributed by atoms with Crippen LogP contribution in [0.4, 0.5) is 10.5 Å². The van der Waals surface area contributed by atoms with E-state index in [0.29, 0.717) is 38.2 Å². The molecule has 1 N–H and O–H groups in total. The molecule has 0 radical (unpaired) electrons. The number of hydrogen-bond acceptors (Lipinski definition) is 4. The molecule has 2 fully saturated rings. The molecule has 2 aliphatic heterocycles. The van der Waals surface area contributed by atoms with Gasteiger partial charge in [0.25, 0.3) is 0 Å². The number of hydrogen-bond donors (Lipinski definition) is 1. The van der Waals surface area contributed by atoms with Crippen molar-refractivity contribution in [3.63, 3.8) is 0 Å². The van der Waals surface area contributed by atoms with Crippen molar-refractivity contribution in [2.45, 2.75) is 18.9 Å². The van der Waals surface area contributed by atoms with Crippen LogP contribution in [0.3, 0.4) is 0 Å². The van der Waals surface area contributed by atoms with Gasteiger partial charge in [-0.2, -0.15) is 0 Å². The van der Waals surface area contributed by atoms with Gasteiger partial charge in [-0.15, -0.1) is 0 Å². The second kappa shape index (κ2) is 8.60. The smallest absolute Gasteiger partial charge is 0.321 e. The van der Waals surface area contributed by atoms with Crippen molar-refractivity contribution in [2.24, 2.45) is 0 Å². The van der Waals surface area contributed by atoms with Gasteiger partial charge in [0, 0.05) is 66.0 Å². The minimum atomic E-state index is -0.248. The quantitative estimate of drug-likeness (QED) is 0.825. The summed E-state index contributed by atoms with van der Waals surface area (Å²) >= 11 is 0. The van der Waals surface area contributed by atoms with Gasteiger partial charge in [0.1, 0.15) is 6.04 Å². The highest BCUT2D eigenvalue weighted by molar-refractivity contribution is 5.90. The zero-order valence-electron chi connectivity index (χ0n) is 16.9. The number of likely N-dealkylation sites (N-methyl/N-ethyl adjacent to an activating group) is 1. The van der Waals surface area contributed by atoms with Crippen molar-refractivity contribution in [2.75, 3.05) is 59.2 Å². The summed E-state index contributed by atoms with van der Waals surface area (Å²) in [6.07, 6.45) is 1.06. The maximum absolute atomic E-state index is 12.7. The summed E-state index contributed by atoms with van der Waals surface area (Å²) in [5.74, 6) is 0.158. The fraction of sp³-hybridized carbons (Fsp3) is 0.550. The zero-order valence-corrected chi connectivity index (χ0v) is 16.9. The molecule has 2 heterocycles. The average Bonchev–Trinajstić information content (AvgIpc) is 2.69. The van der Waals surface area contributed by atoms with E-state index >= 15 is 0 Å². The van der Waals surface area contributed by atoms with Gasteiger partial charge < -0.3 is 20.0 Å². The van der Waals surface area contributed by atoms with E-state index in [1.54, 1.807) is 28.8 Å². The average molecular weight is 387 g/mol. The van der Waals surface area contributed by atoms with Crippen molar-refractivity contribution in [1.82, 2.24) is 19.6 Å². The van der Waals surface area contributed by atoms with Gasteiger partial charge in [-0.25, -0.2) is 4.79 Å². The van der Waals surface area contributed by atoms with Gasteiger partial charge in [0.05, 0.1) is 0 Å². The Morgan fingerprint density at radius 2 is 1.93 bits per heavy atom. The van der Waals surface area contributed by atoms with E-state index < -0.39 is 0 Å². The third-order valence-electron chi connectivity index (χ3n) is 5.47. The van der Waals surface area contributed by atoms with E-state index in [2.05, 4.69) is 10.2 Å². The summed E-state index contributed by atoms with van der Waals surface area (Å²) < 4.78 is 0. The van der Waals surface area contributed by atoms with Crippen LogP contribution in [0.1, 0.15) is 12.0 Å². The molecule has 152 valence electrons. The second-order valence-corrected chi connectivity index (χ2v) is 7.68. The molecule has 8 heteroatoms.